The number of carbonyl (C=O) groups is 2. The third-order valence-corrected chi connectivity index (χ3v) is 5.52. The number of ether oxygens (including phenoxy) is 1. The van der Waals surface area contributed by atoms with Crippen LogP contribution in [-0.4, -0.2) is 50.9 Å². The van der Waals surface area contributed by atoms with Crippen molar-refractivity contribution < 1.29 is 18.8 Å². The van der Waals surface area contributed by atoms with E-state index in [0.717, 1.165) is 43.6 Å². The topological polar surface area (TPSA) is 113 Å². The van der Waals surface area contributed by atoms with Crippen molar-refractivity contribution in [2.75, 3.05) is 11.9 Å². The van der Waals surface area contributed by atoms with E-state index >= 15 is 0 Å². The van der Waals surface area contributed by atoms with Gasteiger partial charge >= 0.3 is 6.09 Å². The molecule has 2 aromatic rings. The summed E-state index contributed by atoms with van der Waals surface area (Å²) in [4.78, 5) is 26.0. The first-order valence-electron chi connectivity index (χ1n) is 9.72. The van der Waals surface area contributed by atoms with Gasteiger partial charge in [-0.15, -0.1) is 0 Å². The molecule has 150 valence electrons. The first-order chi connectivity index (χ1) is 13.5. The highest BCUT2D eigenvalue weighted by Crippen LogP contribution is 2.36. The fourth-order valence-corrected chi connectivity index (χ4v) is 3.78. The molecule has 1 unspecified atom stereocenters. The number of likely N-dealkylation sites (tertiary alicyclic amines) is 1. The van der Waals surface area contributed by atoms with Crippen LogP contribution in [0.3, 0.4) is 0 Å². The standard InChI is InChI=1S/C19H25N5O4/c1-11-7-15(28-23-11)9-18(25)20-17-10-16(21-22-17)13-3-4-14(8-13)27-19(26)24-6-5-12(24)2/h7,10,12-14H,3-6,8-9H2,1-2H3,(H2,20,21,22,25)/t12?,13-,14+/m0/s1. The van der Waals surface area contributed by atoms with E-state index in [0.29, 0.717) is 11.6 Å². The van der Waals surface area contributed by atoms with Crippen LogP contribution in [0.2, 0.25) is 0 Å². The Kier molecular flexibility index (Phi) is 5.06. The zero-order valence-electron chi connectivity index (χ0n) is 16.1. The lowest BCUT2D eigenvalue weighted by molar-refractivity contribution is -0.115. The van der Waals surface area contributed by atoms with Gasteiger partial charge in [-0.1, -0.05) is 5.16 Å². The molecule has 0 radical (unpaired) electrons. The van der Waals surface area contributed by atoms with Crippen molar-refractivity contribution in [1.82, 2.24) is 20.3 Å². The molecule has 2 N–H and O–H groups in total. The number of anilines is 1. The van der Waals surface area contributed by atoms with Crippen molar-refractivity contribution in [3.8, 4) is 0 Å². The summed E-state index contributed by atoms with van der Waals surface area (Å²) in [5.41, 5.74) is 1.69. The second-order valence-corrected chi connectivity index (χ2v) is 7.71. The van der Waals surface area contributed by atoms with Gasteiger partial charge in [0.15, 0.2) is 5.82 Å². The Balaban J connectivity index is 1.27. The van der Waals surface area contributed by atoms with Gasteiger partial charge in [0.05, 0.1) is 12.1 Å². The minimum absolute atomic E-state index is 0.0682. The van der Waals surface area contributed by atoms with E-state index in [1.807, 2.05) is 13.0 Å². The monoisotopic (exact) mass is 387 g/mol. The van der Waals surface area contributed by atoms with E-state index < -0.39 is 0 Å². The van der Waals surface area contributed by atoms with E-state index in [4.69, 9.17) is 9.26 Å². The Morgan fingerprint density at radius 1 is 1.36 bits per heavy atom. The zero-order valence-corrected chi connectivity index (χ0v) is 16.1. The maximum atomic E-state index is 12.1. The minimum atomic E-state index is -0.212. The maximum Gasteiger partial charge on any atom is 0.410 e. The Bertz CT molecular complexity index is 860. The van der Waals surface area contributed by atoms with Crippen LogP contribution in [0.5, 0.6) is 0 Å². The highest BCUT2D eigenvalue weighted by atomic mass is 16.6. The van der Waals surface area contributed by atoms with Crippen molar-refractivity contribution in [3.05, 3.63) is 29.3 Å². The highest BCUT2D eigenvalue weighted by molar-refractivity contribution is 5.91. The normalized spacial score (nSPS) is 24.1. The number of nitrogens with zero attached hydrogens (tertiary/aromatic N) is 3. The van der Waals surface area contributed by atoms with Crippen LogP contribution >= 0.6 is 0 Å². The molecule has 3 heterocycles. The molecule has 2 fully saturated rings. The van der Waals surface area contributed by atoms with Gasteiger partial charge in [0.2, 0.25) is 5.91 Å². The van der Waals surface area contributed by atoms with Crippen LogP contribution in [0.15, 0.2) is 16.7 Å². The van der Waals surface area contributed by atoms with Gasteiger partial charge in [-0.2, -0.15) is 5.10 Å². The molecular weight excluding hydrogens is 362 g/mol. The highest BCUT2D eigenvalue weighted by Gasteiger charge is 2.34. The average Bonchev–Trinajstić information content (AvgIpc) is 3.35. The Hall–Kier alpha value is -2.84. The number of nitrogens with one attached hydrogen (secondary N) is 2. The molecule has 0 aromatic carbocycles. The van der Waals surface area contributed by atoms with Gasteiger partial charge in [-0.3, -0.25) is 9.89 Å². The fourth-order valence-electron chi connectivity index (χ4n) is 3.78. The second kappa shape index (κ2) is 7.65. The van der Waals surface area contributed by atoms with E-state index in [1.165, 1.54) is 0 Å². The van der Waals surface area contributed by atoms with Crippen LogP contribution in [0.25, 0.3) is 0 Å². The van der Waals surface area contributed by atoms with Gasteiger partial charge in [-0.05, 0) is 39.5 Å². The molecule has 9 heteroatoms. The number of hydrogen-bond acceptors (Lipinski definition) is 6. The lowest BCUT2D eigenvalue weighted by atomic mass is 10.0. The average molecular weight is 387 g/mol. The van der Waals surface area contributed by atoms with E-state index in [2.05, 4.69) is 20.7 Å². The number of carbonyl (C=O) groups excluding carboxylic acids is 2. The molecule has 1 saturated heterocycles. The van der Waals surface area contributed by atoms with Gasteiger partial charge in [-0.25, -0.2) is 4.79 Å². The molecule has 1 aliphatic heterocycles. The lowest BCUT2D eigenvalue weighted by Gasteiger charge is -2.38. The van der Waals surface area contributed by atoms with Crippen LogP contribution in [0.1, 0.15) is 55.7 Å². The molecular formula is C19H25N5O4. The molecule has 3 atom stereocenters. The molecule has 0 bridgehead atoms. The summed E-state index contributed by atoms with van der Waals surface area (Å²) in [6.07, 6.45) is 3.40. The van der Waals surface area contributed by atoms with Gasteiger partial charge in [0, 0.05) is 36.3 Å². The number of aromatic nitrogens is 3. The van der Waals surface area contributed by atoms with Gasteiger partial charge in [0.1, 0.15) is 11.9 Å². The number of aromatic amines is 1. The van der Waals surface area contributed by atoms with Gasteiger partial charge in [0.25, 0.3) is 0 Å². The van der Waals surface area contributed by atoms with Crippen molar-refractivity contribution in [1.29, 1.82) is 0 Å². The van der Waals surface area contributed by atoms with Crippen LogP contribution < -0.4 is 5.32 Å². The third kappa shape index (κ3) is 4.02. The van der Waals surface area contributed by atoms with Crippen molar-refractivity contribution >= 4 is 17.8 Å². The summed E-state index contributed by atoms with van der Waals surface area (Å²) < 4.78 is 10.7. The third-order valence-electron chi connectivity index (χ3n) is 5.52. The Labute approximate surface area is 162 Å². The summed E-state index contributed by atoms with van der Waals surface area (Å²) in [5.74, 6) is 1.02. The first-order valence-corrected chi connectivity index (χ1v) is 9.72. The molecule has 2 aliphatic rings. The SMILES string of the molecule is Cc1cc(CC(=O)Nc2cc([C@H]3CC[C@@H](OC(=O)N4CCC4C)C3)[nH]n2)on1. The minimum Gasteiger partial charge on any atom is -0.446 e. The van der Waals surface area contributed by atoms with Gasteiger partial charge < -0.3 is 19.5 Å². The summed E-state index contributed by atoms with van der Waals surface area (Å²) in [5, 5.41) is 13.7. The molecule has 2 amide bonds. The van der Waals surface area contributed by atoms with Crippen molar-refractivity contribution in [2.24, 2.45) is 0 Å². The number of amides is 2. The Morgan fingerprint density at radius 3 is 2.89 bits per heavy atom. The van der Waals surface area contributed by atoms with Crippen LogP contribution in [0, 0.1) is 6.92 Å². The quantitative estimate of drug-likeness (QED) is 0.815. The molecule has 1 saturated carbocycles. The largest absolute Gasteiger partial charge is 0.446 e. The number of rotatable bonds is 5. The molecule has 4 rings (SSSR count). The summed E-state index contributed by atoms with van der Waals surface area (Å²) in [6.45, 7) is 4.63. The van der Waals surface area contributed by atoms with Crippen molar-refractivity contribution in [2.45, 2.75) is 64.0 Å². The van der Waals surface area contributed by atoms with E-state index in [-0.39, 0.29) is 36.5 Å². The Morgan fingerprint density at radius 2 is 2.21 bits per heavy atom. The molecule has 0 spiro atoms. The van der Waals surface area contributed by atoms with Crippen LogP contribution in [-0.2, 0) is 16.0 Å². The summed E-state index contributed by atoms with van der Waals surface area (Å²) in [6, 6.07) is 3.86. The second-order valence-electron chi connectivity index (χ2n) is 7.71. The zero-order chi connectivity index (χ0) is 19.7. The number of hydrogen-bond donors (Lipinski definition) is 2. The predicted molar refractivity (Wildman–Crippen MR) is 99.8 cm³/mol. The molecule has 28 heavy (non-hydrogen) atoms. The van der Waals surface area contributed by atoms with E-state index in [9.17, 15) is 9.59 Å². The molecule has 9 nitrogen and oxygen atoms in total. The fraction of sp³-hybridized carbons (Fsp3) is 0.579. The predicted octanol–water partition coefficient (Wildman–Crippen LogP) is 2.75. The first kappa shape index (κ1) is 18.5. The molecule has 1 aliphatic carbocycles. The van der Waals surface area contributed by atoms with Crippen LogP contribution in [0.4, 0.5) is 10.6 Å². The number of H-pyrrole nitrogens is 1. The summed E-state index contributed by atoms with van der Waals surface area (Å²) in [7, 11) is 0. The summed E-state index contributed by atoms with van der Waals surface area (Å²) >= 11 is 0. The van der Waals surface area contributed by atoms with Crippen molar-refractivity contribution in [3.63, 3.8) is 0 Å². The molecule has 2 aromatic heterocycles. The smallest absolute Gasteiger partial charge is 0.410 e. The van der Waals surface area contributed by atoms with E-state index in [1.54, 1.807) is 17.9 Å². The number of aryl methyl sites for hydroxylation is 1. The lowest BCUT2D eigenvalue weighted by Crippen LogP contribution is -2.50. The maximum absolute atomic E-state index is 12.1.